The van der Waals surface area contributed by atoms with Crippen molar-refractivity contribution in [2.24, 2.45) is 0 Å². The molecule has 2 aromatic rings. The molecule has 0 unspecified atom stereocenters. The van der Waals surface area contributed by atoms with Gasteiger partial charge in [-0.15, -0.1) is 11.3 Å². The summed E-state index contributed by atoms with van der Waals surface area (Å²) in [7, 11) is -3.37. The molecule has 136 valence electrons. The zero-order valence-corrected chi connectivity index (χ0v) is 15.9. The molecule has 0 fully saturated rings. The van der Waals surface area contributed by atoms with E-state index in [1.807, 2.05) is 31.2 Å². The number of benzene rings is 1. The van der Waals surface area contributed by atoms with Gasteiger partial charge in [-0.2, -0.15) is 0 Å². The van der Waals surface area contributed by atoms with Crippen molar-refractivity contribution in [1.82, 2.24) is 4.72 Å². The Morgan fingerprint density at radius 1 is 1.08 bits per heavy atom. The number of thiophene rings is 1. The third kappa shape index (κ3) is 4.74. The summed E-state index contributed by atoms with van der Waals surface area (Å²) in [5.74, 6) is 1.60. The van der Waals surface area contributed by atoms with Crippen molar-refractivity contribution >= 4 is 21.4 Å². The molecule has 1 aromatic carbocycles. The van der Waals surface area contributed by atoms with Crippen molar-refractivity contribution in [2.75, 3.05) is 19.8 Å². The first-order valence-electron chi connectivity index (χ1n) is 8.55. The number of unbranched alkanes of at least 4 members (excludes halogenated alkanes) is 1. The van der Waals surface area contributed by atoms with E-state index in [1.165, 1.54) is 16.9 Å². The van der Waals surface area contributed by atoms with Crippen molar-refractivity contribution in [3.05, 3.63) is 40.8 Å². The number of ether oxygens (including phenoxy) is 2. The van der Waals surface area contributed by atoms with Crippen LogP contribution in [0, 0.1) is 0 Å². The number of hydrogen-bond donors (Lipinski definition) is 1. The fourth-order valence-electron chi connectivity index (χ4n) is 2.67. The second-order valence-corrected chi connectivity index (χ2v) is 9.07. The third-order valence-electron chi connectivity index (χ3n) is 4.04. The monoisotopic (exact) mass is 381 g/mol. The summed E-state index contributed by atoms with van der Waals surface area (Å²) >= 11 is 1.34. The summed E-state index contributed by atoms with van der Waals surface area (Å²) < 4.78 is 38.6. The number of nitrogens with one attached hydrogen (secondary N) is 1. The molecule has 2 heterocycles. The van der Waals surface area contributed by atoms with Crippen molar-refractivity contribution in [3.63, 3.8) is 0 Å². The molecule has 7 heteroatoms. The van der Waals surface area contributed by atoms with Crippen LogP contribution in [-0.2, 0) is 22.9 Å². The number of aryl methyl sites for hydroxylation is 2. The van der Waals surface area contributed by atoms with Gasteiger partial charge < -0.3 is 9.47 Å². The Kier molecular flexibility index (Phi) is 5.98. The summed E-state index contributed by atoms with van der Waals surface area (Å²) in [5.41, 5.74) is 1.18. The lowest BCUT2D eigenvalue weighted by molar-refractivity contribution is 0.171. The van der Waals surface area contributed by atoms with Crippen LogP contribution in [0.1, 0.15) is 30.2 Å². The van der Waals surface area contributed by atoms with Crippen LogP contribution in [0.4, 0.5) is 0 Å². The highest BCUT2D eigenvalue weighted by atomic mass is 32.2. The maximum Gasteiger partial charge on any atom is 0.250 e. The van der Waals surface area contributed by atoms with Gasteiger partial charge in [-0.25, -0.2) is 13.1 Å². The van der Waals surface area contributed by atoms with Gasteiger partial charge in [0.1, 0.15) is 17.4 Å². The Labute approximate surface area is 153 Å². The zero-order chi connectivity index (χ0) is 17.7. The smallest absolute Gasteiger partial charge is 0.250 e. The van der Waals surface area contributed by atoms with Gasteiger partial charge in [0.05, 0.1) is 0 Å². The van der Waals surface area contributed by atoms with E-state index in [2.05, 4.69) is 4.72 Å². The van der Waals surface area contributed by atoms with Crippen molar-refractivity contribution in [1.29, 1.82) is 0 Å². The highest BCUT2D eigenvalue weighted by Crippen LogP contribution is 2.31. The number of sulfonamides is 1. The molecule has 0 spiro atoms. The Morgan fingerprint density at radius 2 is 1.88 bits per heavy atom. The van der Waals surface area contributed by atoms with Crippen molar-refractivity contribution < 1.29 is 17.9 Å². The Hall–Kier alpha value is -1.57. The summed E-state index contributed by atoms with van der Waals surface area (Å²) in [6, 6.07) is 9.54. The lowest BCUT2D eigenvalue weighted by Gasteiger charge is -2.18. The van der Waals surface area contributed by atoms with E-state index in [0.717, 1.165) is 42.1 Å². The minimum absolute atomic E-state index is 0.399. The number of hydrogen-bond acceptors (Lipinski definition) is 5. The Balaban J connectivity index is 1.44. The van der Waals surface area contributed by atoms with Crippen molar-refractivity contribution in [2.45, 2.75) is 36.8 Å². The largest absolute Gasteiger partial charge is 0.486 e. The molecule has 1 aliphatic rings. The van der Waals surface area contributed by atoms with Gasteiger partial charge in [0.15, 0.2) is 11.5 Å². The SMILES string of the molecule is CCc1ccc(S(=O)(=O)NCCCCc2ccc3c(c2)OCCO3)s1. The highest BCUT2D eigenvalue weighted by molar-refractivity contribution is 7.91. The Morgan fingerprint density at radius 3 is 2.64 bits per heavy atom. The van der Waals surface area contributed by atoms with Crippen LogP contribution in [0.2, 0.25) is 0 Å². The first-order valence-corrected chi connectivity index (χ1v) is 10.9. The lowest BCUT2D eigenvalue weighted by atomic mass is 10.1. The average Bonchev–Trinajstić information content (AvgIpc) is 3.11. The predicted octanol–water partition coefficient (Wildman–Crippen LogP) is 3.38. The molecule has 0 saturated heterocycles. The van der Waals surface area contributed by atoms with Gasteiger partial charge in [-0.05, 0) is 55.5 Å². The standard InChI is InChI=1S/C18H23NO4S2/c1-2-15-7-9-18(24-15)25(20,21)19-10-4-3-5-14-6-8-16-17(13-14)23-12-11-22-16/h6-9,13,19H,2-5,10-12H2,1H3. The van der Waals surface area contributed by atoms with E-state index < -0.39 is 10.0 Å². The average molecular weight is 382 g/mol. The van der Waals surface area contributed by atoms with Crippen LogP contribution in [0.3, 0.4) is 0 Å². The van der Waals surface area contributed by atoms with E-state index in [0.29, 0.717) is 24.0 Å². The fraction of sp³-hybridized carbons (Fsp3) is 0.444. The lowest BCUT2D eigenvalue weighted by Crippen LogP contribution is -2.24. The molecular weight excluding hydrogens is 358 g/mol. The normalized spacial score (nSPS) is 13.8. The van der Waals surface area contributed by atoms with Crippen LogP contribution in [0.25, 0.3) is 0 Å². The van der Waals surface area contributed by atoms with Crippen LogP contribution in [0.15, 0.2) is 34.5 Å². The van der Waals surface area contributed by atoms with Gasteiger partial charge in [0.2, 0.25) is 10.0 Å². The second-order valence-electron chi connectivity index (χ2n) is 5.91. The molecule has 0 radical (unpaired) electrons. The molecule has 0 aliphatic carbocycles. The zero-order valence-electron chi connectivity index (χ0n) is 14.3. The number of rotatable bonds is 8. The minimum atomic E-state index is -3.37. The molecule has 25 heavy (non-hydrogen) atoms. The molecule has 3 rings (SSSR count). The maximum atomic E-state index is 12.2. The molecule has 0 amide bonds. The van der Waals surface area contributed by atoms with Gasteiger partial charge in [-0.3, -0.25) is 0 Å². The first-order chi connectivity index (χ1) is 12.1. The van der Waals surface area contributed by atoms with Gasteiger partial charge >= 0.3 is 0 Å². The second kappa shape index (κ2) is 8.21. The van der Waals surface area contributed by atoms with E-state index in [4.69, 9.17) is 9.47 Å². The molecular formula is C18H23NO4S2. The van der Waals surface area contributed by atoms with Crippen LogP contribution in [0.5, 0.6) is 11.5 Å². The summed E-state index contributed by atoms with van der Waals surface area (Å²) in [6.45, 7) is 3.65. The molecule has 1 N–H and O–H groups in total. The van der Waals surface area contributed by atoms with E-state index in [9.17, 15) is 8.42 Å². The topological polar surface area (TPSA) is 64.6 Å². The first kappa shape index (κ1) is 18.2. The molecule has 1 aliphatic heterocycles. The number of fused-ring (bicyclic) bond motifs is 1. The molecule has 0 saturated carbocycles. The maximum absolute atomic E-state index is 12.2. The van der Waals surface area contributed by atoms with Crippen LogP contribution < -0.4 is 14.2 Å². The Bertz CT molecular complexity index is 814. The summed E-state index contributed by atoms with van der Waals surface area (Å²) in [5, 5.41) is 0. The summed E-state index contributed by atoms with van der Waals surface area (Å²) in [4.78, 5) is 1.08. The van der Waals surface area contributed by atoms with E-state index in [-0.39, 0.29) is 0 Å². The fourth-order valence-corrected chi connectivity index (χ4v) is 5.08. The van der Waals surface area contributed by atoms with Gasteiger partial charge in [0, 0.05) is 11.4 Å². The predicted molar refractivity (Wildman–Crippen MR) is 99.3 cm³/mol. The highest BCUT2D eigenvalue weighted by Gasteiger charge is 2.16. The van der Waals surface area contributed by atoms with Gasteiger partial charge in [-0.1, -0.05) is 13.0 Å². The van der Waals surface area contributed by atoms with Crippen molar-refractivity contribution in [3.8, 4) is 11.5 Å². The quantitative estimate of drug-likeness (QED) is 0.712. The van der Waals surface area contributed by atoms with E-state index in [1.54, 1.807) is 6.07 Å². The van der Waals surface area contributed by atoms with Gasteiger partial charge in [0.25, 0.3) is 0 Å². The molecule has 1 aromatic heterocycles. The molecule has 0 atom stereocenters. The minimum Gasteiger partial charge on any atom is -0.486 e. The van der Waals surface area contributed by atoms with Crippen LogP contribution in [-0.4, -0.2) is 28.2 Å². The van der Waals surface area contributed by atoms with E-state index >= 15 is 0 Å². The van der Waals surface area contributed by atoms with Crippen LogP contribution >= 0.6 is 11.3 Å². The summed E-state index contributed by atoms with van der Waals surface area (Å²) in [6.07, 6.45) is 3.44. The molecule has 5 nitrogen and oxygen atoms in total. The molecule has 0 bridgehead atoms. The third-order valence-corrected chi connectivity index (χ3v) is 7.22.